The number of fused-ring (bicyclic) bond motifs is 3. The van der Waals surface area contributed by atoms with Crippen LogP contribution >= 0.6 is 0 Å². The summed E-state index contributed by atoms with van der Waals surface area (Å²) in [6.07, 6.45) is 3.40. The number of aromatic nitrogens is 3. The number of rotatable bonds is 8. The number of likely N-dealkylation sites (tertiary alicyclic amines) is 1. The maximum absolute atomic E-state index is 13.3. The van der Waals surface area contributed by atoms with Crippen LogP contribution in [0.1, 0.15) is 80.8 Å². The standard InChI is InChI=1S/C31H34N8O3/c1-16(35-15-27(40)39-23(14-32)11-22-12-26(22)39)13-31(30-36-17(2)37-38-30)24-7-5-20(28(33)41)9-18(24)3-4-19-10-21(29(34)42)6-8-25(19)31/h5-10,16,22-23,26,35H,3-4,11-13,15H2,1-2H3,(H2,33,41)(H2,34,42)(H,36,37,38)/t16-,22+,23?,26-/m0/s1. The van der Waals surface area contributed by atoms with E-state index in [9.17, 15) is 19.6 Å². The number of nitriles is 1. The van der Waals surface area contributed by atoms with Gasteiger partial charge in [0.2, 0.25) is 17.7 Å². The SMILES string of the molecule is Cc1nc(C2(C[C@H](C)NCC(=O)N3C(C#N)C[C@@H]4C[C@@H]43)c3ccc(C(N)=O)cc3CCc3cc(C(N)=O)ccc32)n[nH]1. The number of hydrogen-bond donors (Lipinski definition) is 4. The highest BCUT2D eigenvalue weighted by molar-refractivity contribution is 5.94. The Morgan fingerprint density at radius 2 is 1.71 bits per heavy atom. The lowest BCUT2D eigenvalue weighted by atomic mass is 9.67. The summed E-state index contributed by atoms with van der Waals surface area (Å²) in [4.78, 5) is 44.1. The molecule has 0 spiro atoms. The van der Waals surface area contributed by atoms with Crippen LogP contribution in [0.2, 0.25) is 0 Å². The van der Waals surface area contributed by atoms with Crippen molar-refractivity contribution in [1.82, 2.24) is 25.4 Å². The average Bonchev–Trinajstić information content (AvgIpc) is 3.46. The normalized spacial score (nSPS) is 22.2. The van der Waals surface area contributed by atoms with Gasteiger partial charge in [-0.05, 0) is 98.4 Å². The van der Waals surface area contributed by atoms with Crippen molar-refractivity contribution >= 4 is 17.7 Å². The second kappa shape index (κ2) is 10.4. The lowest BCUT2D eigenvalue weighted by Gasteiger charge is -2.37. The highest BCUT2D eigenvalue weighted by Crippen LogP contribution is 2.48. The molecule has 0 radical (unpaired) electrons. The predicted molar refractivity (Wildman–Crippen MR) is 153 cm³/mol. The van der Waals surface area contributed by atoms with Crippen molar-refractivity contribution in [2.24, 2.45) is 17.4 Å². The van der Waals surface area contributed by atoms with Crippen molar-refractivity contribution < 1.29 is 14.4 Å². The van der Waals surface area contributed by atoms with Gasteiger partial charge in [0, 0.05) is 23.2 Å². The summed E-state index contributed by atoms with van der Waals surface area (Å²) in [5.41, 5.74) is 15.0. The van der Waals surface area contributed by atoms with Crippen molar-refractivity contribution in [2.45, 2.75) is 69.5 Å². The molecule has 1 saturated carbocycles. The molecule has 6 N–H and O–H groups in total. The van der Waals surface area contributed by atoms with Crippen molar-refractivity contribution in [3.8, 4) is 6.07 Å². The fourth-order valence-electron chi connectivity index (χ4n) is 7.06. The summed E-state index contributed by atoms with van der Waals surface area (Å²) >= 11 is 0. The maximum Gasteiger partial charge on any atom is 0.248 e. The van der Waals surface area contributed by atoms with Gasteiger partial charge < -0.3 is 21.7 Å². The Morgan fingerprint density at radius 3 is 2.24 bits per heavy atom. The Kier molecular flexibility index (Phi) is 6.81. The molecule has 3 aliphatic rings. The molecule has 1 aliphatic heterocycles. The van der Waals surface area contributed by atoms with Crippen molar-refractivity contribution in [1.29, 1.82) is 5.26 Å². The molecule has 1 aromatic heterocycles. The van der Waals surface area contributed by atoms with E-state index in [0.717, 1.165) is 35.1 Å². The number of nitrogens with zero attached hydrogens (tertiary/aromatic N) is 4. The van der Waals surface area contributed by atoms with Crippen LogP contribution in [0.25, 0.3) is 0 Å². The number of aryl methyl sites for hydroxylation is 3. The first-order valence-electron chi connectivity index (χ1n) is 14.3. The first-order chi connectivity index (χ1) is 20.1. The zero-order valence-electron chi connectivity index (χ0n) is 23.7. The van der Waals surface area contributed by atoms with Crippen LogP contribution in [0.15, 0.2) is 36.4 Å². The molecule has 2 aliphatic carbocycles. The number of H-pyrrole nitrogens is 1. The summed E-state index contributed by atoms with van der Waals surface area (Å²) in [6.45, 7) is 3.95. The number of benzene rings is 2. The number of carbonyl (C=O) groups excluding carboxylic acids is 3. The van der Waals surface area contributed by atoms with Gasteiger partial charge in [0.15, 0.2) is 5.82 Å². The van der Waals surface area contributed by atoms with E-state index in [0.29, 0.717) is 48.0 Å². The van der Waals surface area contributed by atoms with Gasteiger partial charge >= 0.3 is 0 Å². The summed E-state index contributed by atoms with van der Waals surface area (Å²) in [7, 11) is 0. The molecule has 4 atom stereocenters. The quantitative estimate of drug-likeness (QED) is 0.319. The first kappa shape index (κ1) is 27.6. The largest absolute Gasteiger partial charge is 0.366 e. The first-order valence-corrected chi connectivity index (χ1v) is 14.3. The Morgan fingerprint density at radius 1 is 1.10 bits per heavy atom. The minimum atomic E-state index is -0.891. The number of aromatic amines is 1. The Labute approximate surface area is 243 Å². The minimum Gasteiger partial charge on any atom is -0.366 e. The maximum atomic E-state index is 13.3. The molecule has 11 nitrogen and oxygen atoms in total. The van der Waals surface area contributed by atoms with Crippen LogP contribution < -0.4 is 16.8 Å². The molecule has 1 saturated heterocycles. The smallest absolute Gasteiger partial charge is 0.248 e. The van der Waals surface area contributed by atoms with E-state index in [-0.39, 0.29) is 30.6 Å². The molecule has 11 heteroatoms. The van der Waals surface area contributed by atoms with Crippen molar-refractivity contribution in [2.75, 3.05) is 6.54 Å². The van der Waals surface area contributed by atoms with Crippen LogP contribution in [0.5, 0.6) is 0 Å². The van der Waals surface area contributed by atoms with E-state index < -0.39 is 17.2 Å². The highest BCUT2D eigenvalue weighted by atomic mass is 16.2. The Hall–Kier alpha value is -4.56. The lowest BCUT2D eigenvalue weighted by Crippen LogP contribution is -2.46. The predicted octanol–water partition coefficient (Wildman–Crippen LogP) is 1.63. The van der Waals surface area contributed by atoms with Crippen LogP contribution in [0.4, 0.5) is 0 Å². The zero-order chi connectivity index (χ0) is 29.8. The molecule has 42 heavy (non-hydrogen) atoms. The molecular formula is C31H34N8O3. The number of amides is 3. The second-order valence-corrected chi connectivity index (χ2v) is 11.9. The number of nitrogens with two attached hydrogens (primary N) is 2. The summed E-state index contributed by atoms with van der Waals surface area (Å²) < 4.78 is 0. The van der Waals surface area contributed by atoms with Gasteiger partial charge in [0.25, 0.3) is 0 Å². The molecule has 216 valence electrons. The molecule has 0 bridgehead atoms. The fraction of sp³-hybridized carbons (Fsp3) is 0.419. The number of carbonyl (C=O) groups is 3. The topological polar surface area (TPSA) is 184 Å². The summed E-state index contributed by atoms with van der Waals surface area (Å²) in [6, 6.07) is 12.9. The molecule has 2 heterocycles. The highest BCUT2D eigenvalue weighted by Gasteiger charge is 2.54. The fourth-order valence-corrected chi connectivity index (χ4v) is 7.06. The summed E-state index contributed by atoms with van der Waals surface area (Å²) in [5, 5.41) is 20.6. The molecule has 2 fully saturated rings. The number of nitrogens with one attached hydrogen (secondary N) is 2. The van der Waals surface area contributed by atoms with Gasteiger partial charge in [-0.25, -0.2) is 4.98 Å². The van der Waals surface area contributed by atoms with Gasteiger partial charge in [-0.3, -0.25) is 19.5 Å². The third kappa shape index (κ3) is 4.61. The molecule has 6 rings (SSSR count). The third-order valence-corrected chi connectivity index (χ3v) is 9.10. The minimum absolute atomic E-state index is 0.0694. The van der Waals surface area contributed by atoms with Crippen molar-refractivity contribution in [3.05, 3.63) is 81.4 Å². The van der Waals surface area contributed by atoms with E-state index >= 15 is 0 Å². The number of piperidine rings is 1. The summed E-state index contributed by atoms with van der Waals surface area (Å²) in [5.74, 6) is 0.541. The van der Waals surface area contributed by atoms with Gasteiger partial charge in [-0.1, -0.05) is 12.1 Å². The zero-order valence-corrected chi connectivity index (χ0v) is 23.7. The monoisotopic (exact) mass is 566 g/mol. The van der Waals surface area contributed by atoms with Crippen LogP contribution in [-0.4, -0.2) is 62.5 Å². The Balaban J connectivity index is 1.42. The Bertz CT molecular complexity index is 1570. The molecule has 3 aromatic rings. The van der Waals surface area contributed by atoms with E-state index in [2.05, 4.69) is 21.6 Å². The number of hydrogen-bond acceptors (Lipinski definition) is 7. The van der Waals surface area contributed by atoms with Crippen molar-refractivity contribution in [3.63, 3.8) is 0 Å². The van der Waals surface area contributed by atoms with Crippen LogP contribution in [0, 0.1) is 24.2 Å². The van der Waals surface area contributed by atoms with Crippen LogP contribution in [0.3, 0.4) is 0 Å². The van der Waals surface area contributed by atoms with Gasteiger partial charge in [-0.2, -0.15) is 10.4 Å². The van der Waals surface area contributed by atoms with Crippen LogP contribution in [-0.2, 0) is 23.1 Å². The van der Waals surface area contributed by atoms with E-state index in [1.807, 2.05) is 38.1 Å². The lowest BCUT2D eigenvalue weighted by molar-refractivity contribution is -0.131. The molecule has 2 aromatic carbocycles. The second-order valence-electron chi connectivity index (χ2n) is 11.9. The molecule has 3 amide bonds. The number of primary amides is 2. The van der Waals surface area contributed by atoms with E-state index in [4.69, 9.17) is 16.5 Å². The van der Waals surface area contributed by atoms with Gasteiger partial charge in [-0.15, -0.1) is 0 Å². The molecule has 1 unspecified atom stereocenters. The van der Waals surface area contributed by atoms with Gasteiger partial charge in [0.05, 0.1) is 18.0 Å². The van der Waals surface area contributed by atoms with E-state index in [1.165, 1.54) is 0 Å². The van der Waals surface area contributed by atoms with E-state index in [1.54, 1.807) is 17.0 Å². The third-order valence-electron chi connectivity index (χ3n) is 9.10. The average molecular weight is 567 g/mol. The van der Waals surface area contributed by atoms with Gasteiger partial charge in [0.1, 0.15) is 11.9 Å². The molecular weight excluding hydrogens is 532 g/mol.